The lowest BCUT2D eigenvalue weighted by Gasteiger charge is -2.27. The van der Waals surface area contributed by atoms with E-state index in [9.17, 15) is 28.2 Å². The molecular weight excluding hydrogens is 415 g/mol. The smallest absolute Gasteiger partial charge is 0.416 e. The number of halogens is 4. The highest BCUT2D eigenvalue weighted by atomic mass is 35.5. The Kier molecular flexibility index (Phi) is 5.49. The summed E-state index contributed by atoms with van der Waals surface area (Å²) in [6, 6.07) is 8.53. The molecular formula is C18H13ClF3N3O4. The fourth-order valence-electron chi connectivity index (χ4n) is 2.64. The zero-order valence-electron chi connectivity index (χ0n) is 14.5. The van der Waals surface area contributed by atoms with E-state index >= 15 is 0 Å². The van der Waals surface area contributed by atoms with Crippen molar-refractivity contribution in [2.75, 3.05) is 0 Å². The van der Waals surface area contributed by atoms with Gasteiger partial charge in [-0.25, -0.2) is 14.5 Å². The third kappa shape index (κ3) is 4.49. The van der Waals surface area contributed by atoms with Crippen LogP contribution in [0.1, 0.15) is 11.1 Å². The first kappa shape index (κ1) is 20.6. The van der Waals surface area contributed by atoms with Gasteiger partial charge in [-0.3, -0.25) is 0 Å². The van der Waals surface area contributed by atoms with Gasteiger partial charge in [0.2, 0.25) is 5.60 Å². The second kappa shape index (κ2) is 7.72. The van der Waals surface area contributed by atoms with Crippen molar-refractivity contribution in [3.8, 4) is 11.5 Å². The van der Waals surface area contributed by atoms with E-state index in [1.807, 2.05) is 0 Å². The van der Waals surface area contributed by atoms with Gasteiger partial charge in [0.05, 0.1) is 12.1 Å². The summed E-state index contributed by atoms with van der Waals surface area (Å²) in [6.07, 6.45) is -2.81. The molecule has 0 bridgehead atoms. The Bertz CT molecular complexity index is 1010. The van der Waals surface area contributed by atoms with Gasteiger partial charge in [0.1, 0.15) is 24.2 Å². The summed E-state index contributed by atoms with van der Waals surface area (Å²) < 4.78 is 47.4. The van der Waals surface area contributed by atoms with Crippen molar-refractivity contribution in [3.05, 3.63) is 71.3 Å². The number of benzene rings is 2. The normalized spacial score (nSPS) is 13.7. The molecule has 1 heterocycles. The predicted octanol–water partition coefficient (Wildman–Crippen LogP) is 3.72. The van der Waals surface area contributed by atoms with E-state index in [-0.39, 0.29) is 11.5 Å². The average Bonchev–Trinajstić information content (AvgIpc) is 3.15. The second-order valence-corrected chi connectivity index (χ2v) is 6.46. The summed E-state index contributed by atoms with van der Waals surface area (Å²) in [5.41, 5.74) is -5.11. The minimum absolute atomic E-state index is 0.197. The Labute approximate surface area is 166 Å². The van der Waals surface area contributed by atoms with Crippen LogP contribution >= 0.6 is 11.6 Å². The van der Waals surface area contributed by atoms with Gasteiger partial charge in [0.25, 0.3) is 0 Å². The molecule has 0 spiro atoms. The maximum absolute atomic E-state index is 13.7. The van der Waals surface area contributed by atoms with E-state index in [1.54, 1.807) is 0 Å². The van der Waals surface area contributed by atoms with Gasteiger partial charge < -0.3 is 14.9 Å². The highest BCUT2D eigenvalue weighted by molar-refractivity contribution is 6.30. The van der Waals surface area contributed by atoms with Gasteiger partial charge in [0.15, 0.2) is 0 Å². The molecule has 0 saturated carbocycles. The first-order valence-corrected chi connectivity index (χ1v) is 8.41. The van der Waals surface area contributed by atoms with Crippen LogP contribution in [-0.4, -0.2) is 30.9 Å². The fourth-order valence-corrected chi connectivity index (χ4v) is 2.76. The van der Waals surface area contributed by atoms with Crippen molar-refractivity contribution in [2.45, 2.75) is 18.3 Å². The van der Waals surface area contributed by atoms with Crippen LogP contribution < -0.4 is 4.74 Å². The molecule has 0 aliphatic rings. The third-order valence-electron chi connectivity index (χ3n) is 4.00. The molecule has 0 amide bonds. The van der Waals surface area contributed by atoms with E-state index in [2.05, 4.69) is 10.1 Å². The predicted molar refractivity (Wildman–Crippen MR) is 94.5 cm³/mol. The Balaban J connectivity index is 2.05. The quantitative estimate of drug-likeness (QED) is 0.622. The van der Waals surface area contributed by atoms with E-state index in [0.29, 0.717) is 11.1 Å². The van der Waals surface area contributed by atoms with Gasteiger partial charge in [-0.1, -0.05) is 17.7 Å². The Hall–Kier alpha value is -3.11. The largest absolute Gasteiger partial charge is 0.479 e. The molecule has 7 nitrogen and oxygen atoms in total. The molecule has 0 radical (unpaired) electrons. The monoisotopic (exact) mass is 427 g/mol. The highest BCUT2D eigenvalue weighted by Crippen LogP contribution is 2.40. The fraction of sp³-hybridized carbons (Fsp3) is 0.167. The number of carboxylic acids is 1. The number of ether oxygens (including phenoxy) is 1. The molecule has 0 saturated heterocycles. The van der Waals surface area contributed by atoms with Crippen LogP contribution in [0.25, 0.3) is 0 Å². The third-order valence-corrected chi connectivity index (χ3v) is 4.25. The van der Waals surface area contributed by atoms with Crippen LogP contribution in [0.5, 0.6) is 11.5 Å². The Morgan fingerprint density at radius 2 is 1.76 bits per heavy atom. The maximum Gasteiger partial charge on any atom is 0.416 e. The van der Waals surface area contributed by atoms with Crippen LogP contribution in [0.15, 0.2) is 55.1 Å². The van der Waals surface area contributed by atoms with Crippen molar-refractivity contribution in [3.63, 3.8) is 0 Å². The first-order valence-electron chi connectivity index (χ1n) is 8.03. The SMILES string of the molecule is O=C(O)C(O)(Cn1cncn1)c1ccc(Oc2ccc(Cl)cc2)cc1C(F)(F)F. The highest BCUT2D eigenvalue weighted by Gasteiger charge is 2.46. The summed E-state index contributed by atoms with van der Waals surface area (Å²) in [6.45, 7) is -0.775. The minimum Gasteiger partial charge on any atom is -0.479 e. The van der Waals surface area contributed by atoms with Crippen molar-refractivity contribution >= 4 is 17.6 Å². The number of nitrogens with zero attached hydrogens (tertiary/aromatic N) is 3. The van der Waals surface area contributed by atoms with E-state index in [0.717, 1.165) is 29.5 Å². The molecule has 0 fully saturated rings. The number of rotatable bonds is 6. The summed E-state index contributed by atoms with van der Waals surface area (Å²) in [5, 5.41) is 24.2. The number of hydrogen-bond acceptors (Lipinski definition) is 5. The Morgan fingerprint density at radius 3 is 2.31 bits per heavy atom. The minimum atomic E-state index is -4.96. The summed E-state index contributed by atoms with van der Waals surface area (Å²) in [4.78, 5) is 15.3. The van der Waals surface area contributed by atoms with Gasteiger partial charge in [-0.15, -0.1) is 0 Å². The molecule has 0 aliphatic heterocycles. The van der Waals surface area contributed by atoms with Gasteiger partial charge in [-0.05, 0) is 36.4 Å². The molecule has 2 N–H and O–H groups in total. The van der Waals surface area contributed by atoms with Crippen molar-refractivity contribution < 1.29 is 32.9 Å². The van der Waals surface area contributed by atoms with Crippen LogP contribution in [0.2, 0.25) is 5.02 Å². The molecule has 1 aromatic heterocycles. The summed E-state index contributed by atoms with van der Waals surface area (Å²) in [5.74, 6) is -1.84. The lowest BCUT2D eigenvalue weighted by Crippen LogP contribution is -2.41. The second-order valence-electron chi connectivity index (χ2n) is 6.02. The van der Waals surface area contributed by atoms with Crippen LogP contribution in [0, 0.1) is 0 Å². The molecule has 29 heavy (non-hydrogen) atoms. The van der Waals surface area contributed by atoms with Crippen molar-refractivity contribution in [1.29, 1.82) is 0 Å². The van der Waals surface area contributed by atoms with Crippen molar-refractivity contribution in [1.82, 2.24) is 14.8 Å². The zero-order valence-corrected chi connectivity index (χ0v) is 15.2. The maximum atomic E-state index is 13.7. The Morgan fingerprint density at radius 1 is 1.10 bits per heavy atom. The number of carboxylic acid groups (broad SMARTS) is 1. The van der Waals surface area contributed by atoms with Crippen LogP contribution in [0.4, 0.5) is 13.2 Å². The van der Waals surface area contributed by atoms with Crippen molar-refractivity contribution in [2.24, 2.45) is 0 Å². The summed E-state index contributed by atoms with van der Waals surface area (Å²) in [7, 11) is 0. The van der Waals surface area contributed by atoms with E-state index < -0.39 is 35.4 Å². The molecule has 152 valence electrons. The van der Waals surface area contributed by atoms with Crippen LogP contribution in [-0.2, 0) is 23.1 Å². The number of aliphatic carboxylic acids is 1. The van der Waals surface area contributed by atoms with E-state index in [1.165, 1.54) is 24.3 Å². The number of aliphatic hydroxyl groups is 1. The standard InChI is InChI=1S/C18H13ClF3N3O4/c19-11-1-3-12(4-2-11)29-13-5-6-14(15(7-13)18(20,21)22)17(28,16(26)27)8-25-10-23-9-24-25/h1-7,9-10,28H,8H2,(H,26,27). The van der Waals surface area contributed by atoms with Gasteiger partial charge >= 0.3 is 12.1 Å². The molecule has 3 rings (SSSR count). The zero-order chi connectivity index (χ0) is 21.2. The number of aromatic nitrogens is 3. The lowest BCUT2D eigenvalue weighted by molar-refractivity contribution is -0.164. The lowest BCUT2D eigenvalue weighted by atomic mass is 9.89. The molecule has 1 atom stereocenters. The average molecular weight is 428 g/mol. The van der Waals surface area contributed by atoms with Crippen LogP contribution in [0.3, 0.4) is 0 Å². The molecule has 11 heteroatoms. The molecule has 2 aromatic carbocycles. The number of carbonyl (C=O) groups is 1. The molecule has 0 aliphatic carbocycles. The number of alkyl halides is 3. The summed E-state index contributed by atoms with van der Waals surface area (Å²) >= 11 is 5.76. The van der Waals surface area contributed by atoms with Gasteiger partial charge in [-0.2, -0.15) is 18.3 Å². The number of hydrogen-bond donors (Lipinski definition) is 2. The topological polar surface area (TPSA) is 97.5 Å². The van der Waals surface area contributed by atoms with Gasteiger partial charge in [0, 0.05) is 10.6 Å². The van der Waals surface area contributed by atoms with E-state index in [4.69, 9.17) is 16.3 Å². The molecule has 3 aromatic rings. The first-order chi connectivity index (χ1) is 13.6. The molecule has 1 unspecified atom stereocenters.